The summed E-state index contributed by atoms with van der Waals surface area (Å²) in [5.74, 6) is -0.767. The number of carbonyl (C=O) groups is 2. The average molecular weight is 611 g/mol. The van der Waals surface area contributed by atoms with Crippen LogP contribution < -0.4 is 9.62 Å². The number of alkyl halides is 3. The van der Waals surface area contributed by atoms with Crippen molar-refractivity contribution in [2.45, 2.75) is 58.3 Å². The van der Waals surface area contributed by atoms with E-state index < -0.39 is 33.7 Å². The van der Waals surface area contributed by atoms with Crippen LogP contribution in [0.15, 0.2) is 42.5 Å². The smallest absolute Gasteiger partial charge is 0.354 e. The van der Waals surface area contributed by atoms with Gasteiger partial charge in [-0.15, -0.1) is 0 Å². The van der Waals surface area contributed by atoms with Gasteiger partial charge in [-0.25, -0.2) is 8.42 Å². The molecule has 0 spiro atoms. The SMILES string of the molecule is CCCNC(=O)[C@H](CC)N(Cc1ccc(Cl)cc1Cl)C(=O)CCCN(c1cccc(C(F)(F)F)c1)S(C)(=O)=O. The Morgan fingerprint density at radius 2 is 1.77 bits per heavy atom. The van der Waals surface area contributed by atoms with Gasteiger partial charge in [0.2, 0.25) is 21.8 Å². The van der Waals surface area contributed by atoms with E-state index in [1.807, 2.05) is 6.92 Å². The van der Waals surface area contributed by atoms with Crippen molar-refractivity contribution >= 4 is 50.7 Å². The Morgan fingerprint density at radius 1 is 1.08 bits per heavy atom. The summed E-state index contributed by atoms with van der Waals surface area (Å²) in [6.07, 6.45) is -2.91. The second-order valence-electron chi connectivity index (χ2n) is 8.96. The maximum atomic E-state index is 13.4. The third-order valence-electron chi connectivity index (χ3n) is 5.90. The van der Waals surface area contributed by atoms with Crippen LogP contribution in [-0.2, 0) is 32.3 Å². The van der Waals surface area contributed by atoms with Crippen LogP contribution in [0.25, 0.3) is 0 Å². The van der Waals surface area contributed by atoms with Crippen molar-refractivity contribution in [1.82, 2.24) is 10.2 Å². The van der Waals surface area contributed by atoms with E-state index in [2.05, 4.69) is 5.32 Å². The number of rotatable bonds is 13. The van der Waals surface area contributed by atoms with Crippen molar-refractivity contribution in [2.24, 2.45) is 0 Å². The molecular formula is C26H32Cl2F3N3O4S. The highest BCUT2D eigenvalue weighted by Gasteiger charge is 2.32. The monoisotopic (exact) mass is 609 g/mol. The molecule has 0 unspecified atom stereocenters. The lowest BCUT2D eigenvalue weighted by Gasteiger charge is -2.31. The minimum Gasteiger partial charge on any atom is -0.354 e. The van der Waals surface area contributed by atoms with Crippen LogP contribution >= 0.6 is 23.2 Å². The molecule has 2 rings (SSSR count). The molecule has 0 fully saturated rings. The highest BCUT2D eigenvalue weighted by atomic mass is 35.5. The quantitative estimate of drug-likeness (QED) is 0.307. The van der Waals surface area contributed by atoms with E-state index in [4.69, 9.17) is 23.2 Å². The summed E-state index contributed by atoms with van der Waals surface area (Å²) in [6.45, 7) is 3.87. The zero-order valence-electron chi connectivity index (χ0n) is 21.9. The lowest BCUT2D eigenvalue weighted by atomic mass is 10.1. The number of benzene rings is 2. The van der Waals surface area contributed by atoms with E-state index in [9.17, 15) is 31.2 Å². The van der Waals surface area contributed by atoms with Gasteiger partial charge in [-0.05, 0) is 55.2 Å². The van der Waals surface area contributed by atoms with Gasteiger partial charge in [0.15, 0.2) is 0 Å². The Labute approximate surface area is 237 Å². The third kappa shape index (κ3) is 9.58. The first-order valence-electron chi connectivity index (χ1n) is 12.3. The summed E-state index contributed by atoms with van der Waals surface area (Å²) >= 11 is 12.3. The summed E-state index contributed by atoms with van der Waals surface area (Å²) in [7, 11) is -3.95. The summed E-state index contributed by atoms with van der Waals surface area (Å²) in [6, 6.07) is 7.97. The van der Waals surface area contributed by atoms with Crippen molar-refractivity contribution < 1.29 is 31.2 Å². The van der Waals surface area contributed by atoms with Crippen LogP contribution in [0.5, 0.6) is 0 Å². The molecule has 0 radical (unpaired) electrons. The van der Waals surface area contributed by atoms with Crippen molar-refractivity contribution in [2.75, 3.05) is 23.7 Å². The number of anilines is 1. The zero-order chi connectivity index (χ0) is 29.4. The number of hydrogen-bond donors (Lipinski definition) is 1. The Morgan fingerprint density at radius 3 is 2.33 bits per heavy atom. The molecule has 0 aliphatic carbocycles. The first-order chi connectivity index (χ1) is 18.2. The molecule has 0 aromatic heterocycles. The van der Waals surface area contributed by atoms with Crippen LogP contribution in [0, 0.1) is 0 Å². The first kappa shape index (κ1) is 32.7. The van der Waals surface area contributed by atoms with Gasteiger partial charge in [0, 0.05) is 36.1 Å². The van der Waals surface area contributed by atoms with E-state index in [1.54, 1.807) is 19.1 Å². The Bertz CT molecular complexity index is 1260. The largest absolute Gasteiger partial charge is 0.416 e. The lowest BCUT2D eigenvalue weighted by molar-refractivity contribution is -0.141. The Hall–Kier alpha value is -2.50. The number of nitrogens with zero attached hydrogens (tertiary/aromatic N) is 2. The van der Waals surface area contributed by atoms with Gasteiger partial charge in [-0.1, -0.05) is 49.2 Å². The highest BCUT2D eigenvalue weighted by molar-refractivity contribution is 7.92. The van der Waals surface area contributed by atoms with Crippen molar-refractivity contribution in [3.8, 4) is 0 Å². The molecule has 0 saturated carbocycles. The molecule has 2 amide bonds. The summed E-state index contributed by atoms with van der Waals surface area (Å²) in [5, 5.41) is 3.52. The maximum absolute atomic E-state index is 13.4. The van der Waals surface area contributed by atoms with Gasteiger partial charge in [-0.3, -0.25) is 13.9 Å². The van der Waals surface area contributed by atoms with E-state index in [-0.39, 0.29) is 37.5 Å². The first-order valence-corrected chi connectivity index (χ1v) is 15.0. The second kappa shape index (κ2) is 14.2. The van der Waals surface area contributed by atoms with Gasteiger partial charge >= 0.3 is 6.18 Å². The molecule has 2 aromatic carbocycles. The molecule has 13 heteroatoms. The number of amides is 2. The van der Waals surface area contributed by atoms with Crippen LogP contribution in [-0.4, -0.2) is 50.5 Å². The predicted molar refractivity (Wildman–Crippen MR) is 147 cm³/mol. The van der Waals surface area contributed by atoms with E-state index in [0.29, 0.717) is 35.0 Å². The van der Waals surface area contributed by atoms with Crippen molar-refractivity contribution in [3.05, 3.63) is 63.6 Å². The molecule has 1 N–H and O–H groups in total. The van der Waals surface area contributed by atoms with Crippen molar-refractivity contribution in [1.29, 1.82) is 0 Å². The summed E-state index contributed by atoms with van der Waals surface area (Å²) in [4.78, 5) is 27.7. The van der Waals surface area contributed by atoms with Gasteiger partial charge in [0.05, 0.1) is 17.5 Å². The second-order valence-corrected chi connectivity index (χ2v) is 11.7. The molecule has 0 saturated heterocycles. The Balaban J connectivity index is 2.28. The molecule has 216 valence electrons. The molecule has 0 aliphatic heterocycles. The van der Waals surface area contributed by atoms with Crippen LogP contribution in [0.1, 0.15) is 50.7 Å². The summed E-state index contributed by atoms with van der Waals surface area (Å²) < 4.78 is 65.2. The minimum atomic E-state index is -4.65. The molecular weight excluding hydrogens is 578 g/mol. The standard InChI is InChI=1S/C26H32Cl2F3N3O4S/c1-4-13-32-25(36)23(5-2)33(17-18-11-12-20(27)16-22(18)28)24(35)10-7-14-34(39(3,37)38)21-9-6-8-19(15-21)26(29,30)31/h6,8-9,11-12,15-16,23H,4-5,7,10,13-14,17H2,1-3H3,(H,32,36)/t23-/m0/s1. The molecule has 2 aromatic rings. The third-order valence-corrected chi connectivity index (χ3v) is 7.69. The number of nitrogens with one attached hydrogen (secondary N) is 1. The topological polar surface area (TPSA) is 86.8 Å². The number of hydrogen-bond acceptors (Lipinski definition) is 4. The normalized spacial score (nSPS) is 12.6. The predicted octanol–water partition coefficient (Wildman–Crippen LogP) is 5.89. The van der Waals surface area contributed by atoms with E-state index in [0.717, 1.165) is 28.8 Å². The van der Waals surface area contributed by atoms with E-state index >= 15 is 0 Å². The fourth-order valence-corrected chi connectivity index (χ4v) is 5.39. The van der Waals surface area contributed by atoms with E-state index in [1.165, 1.54) is 17.0 Å². The Kier molecular flexibility index (Phi) is 11.9. The molecule has 0 heterocycles. The van der Waals surface area contributed by atoms with Crippen LogP contribution in [0.3, 0.4) is 0 Å². The highest BCUT2D eigenvalue weighted by Crippen LogP contribution is 2.32. The van der Waals surface area contributed by atoms with Gasteiger partial charge < -0.3 is 10.2 Å². The molecule has 39 heavy (non-hydrogen) atoms. The molecule has 7 nitrogen and oxygen atoms in total. The molecule has 1 atom stereocenters. The summed E-state index contributed by atoms with van der Waals surface area (Å²) in [5.41, 5.74) is -0.576. The van der Waals surface area contributed by atoms with Crippen LogP contribution in [0.4, 0.5) is 18.9 Å². The van der Waals surface area contributed by atoms with Crippen molar-refractivity contribution in [3.63, 3.8) is 0 Å². The number of sulfonamides is 1. The lowest BCUT2D eigenvalue weighted by Crippen LogP contribution is -2.49. The van der Waals surface area contributed by atoms with Gasteiger partial charge in [-0.2, -0.15) is 13.2 Å². The molecule has 0 bridgehead atoms. The maximum Gasteiger partial charge on any atom is 0.416 e. The fraction of sp³-hybridized carbons (Fsp3) is 0.462. The van der Waals surface area contributed by atoms with Gasteiger partial charge in [0.1, 0.15) is 6.04 Å². The number of halogens is 5. The van der Waals surface area contributed by atoms with Crippen LogP contribution in [0.2, 0.25) is 10.0 Å². The number of carbonyl (C=O) groups excluding carboxylic acids is 2. The minimum absolute atomic E-state index is 0.0000120. The fourth-order valence-electron chi connectivity index (χ4n) is 3.96. The van der Waals surface area contributed by atoms with Gasteiger partial charge in [0.25, 0.3) is 0 Å². The average Bonchev–Trinajstić information content (AvgIpc) is 2.85. The molecule has 0 aliphatic rings. The zero-order valence-corrected chi connectivity index (χ0v) is 24.2.